The van der Waals surface area contributed by atoms with Crippen LogP contribution in [0.1, 0.15) is 12.7 Å². The molecular formula is C16H16N4O. The fraction of sp³-hybridized carbons (Fsp3) is 0.188. The van der Waals surface area contributed by atoms with Gasteiger partial charge in [0.15, 0.2) is 5.82 Å². The number of benzene rings is 1. The quantitative estimate of drug-likeness (QED) is 0.795. The topological polar surface area (TPSA) is 73.9 Å². The Morgan fingerprint density at radius 3 is 2.90 bits per heavy atom. The van der Waals surface area contributed by atoms with E-state index >= 15 is 0 Å². The summed E-state index contributed by atoms with van der Waals surface area (Å²) in [5.41, 5.74) is 8.60. The number of nitrogens with zero attached hydrogens (tertiary/aromatic N) is 3. The summed E-state index contributed by atoms with van der Waals surface area (Å²) in [6.45, 7) is 2.91. The molecule has 0 amide bonds. The number of anilines is 1. The number of ether oxygens (including phenoxy) is 1. The van der Waals surface area contributed by atoms with Crippen LogP contribution in [0, 0.1) is 0 Å². The summed E-state index contributed by atoms with van der Waals surface area (Å²) < 4.78 is 5.36. The minimum atomic E-state index is 0.359. The first-order chi connectivity index (χ1) is 10.3. The minimum absolute atomic E-state index is 0.359. The Morgan fingerprint density at radius 1 is 1.14 bits per heavy atom. The maximum absolute atomic E-state index is 5.89. The van der Waals surface area contributed by atoms with Crippen LogP contribution in [0.2, 0.25) is 0 Å². The van der Waals surface area contributed by atoms with E-state index in [9.17, 15) is 0 Å². The molecule has 0 spiro atoms. The average Bonchev–Trinajstić information content (AvgIpc) is 2.52. The van der Waals surface area contributed by atoms with Gasteiger partial charge in [-0.15, -0.1) is 0 Å². The normalized spacial score (nSPS) is 10.9. The summed E-state index contributed by atoms with van der Waals surface area (Å²) in [5.74, 6) is 1.03. The molecule has 0 aliphatic rings. The molecule has 0 unspecified atom stereocenters. The third kappa shape index (κ3) is 2.83. The standard InChI is InChI=1S/C16H16N4O/c1-2-21-10-16-19-14(9-15(17)20-16)12-5-3-7-13-11(12)6-4-8-18-13/h3-9H,2,10H2,1H3,(H2,17,19,20). The molecule has 3 rings (SSSR count). The van der Waals surface area contributed by atoms with Crippen LogP contribution in [0.4, 0.5) is 5.82 Å². The van der Waals surface area contributed by atoms with E-state index in [0.29, 0.717) is 24.9 Å². The molecule has 0 radical (unpaired) electrons. The van der Waals surface area contributed by atoms with Gasteiger partial charge in [0.2, 0.25) is 0 Å². The summed E-state index contributed by atoms with van der Waals surface area (Å²) >= 11 is 0. The first kappa shape index (κ1) is 13.5. The summed E-state index contributed by atoms with van der Waals surface area (Å²) in [4.78, 5) is 13.1. The second-order valence-electron chi connectivity index (χ2n) is 4.61. The second kappa shape index (κ2) is 5.85. The summed E-state index contributed by atoms with van der Waals surface area (Å²) in [6.07, 6.45) is 1.78. The number of rotatable bonds is 4. The number of fused-ring (bicyclic) bond motifs is 1. The van der Waals surface area contributed by atoms with Gasteiger partial charge in [-0.2, -0.15) is 0 Å². The molecule has 21 heavy (non-hydrogen) atoms. The number of hydrogen-bond acceptors (Lipinski definition) is 5. The highest BCUT2D eigenvalue weighted by atomic mass is 16.5. The number of hydrogen-bond donors (Lipinski definition) is 1. The molecule has 0 fully saturated rings. The van der Waals surface area contributed by atoms with Gasteiger partial charge in [-0.05, 0) is 19.1 Å². The first-order valence-electron chi connectivity index (χ1n) is 6.83. The predicted octanol–water partition coefficient (Wildman–Crippen LogP) is 2.81. The molecule has 5 nitrogen and oxygen atoms in total. The van der Waals surface area contributed by atoms with E-state index in [2.05, 4.69) is 15.0 Å². The summed E-state index contributed by atoms with van der Waals surface area (Å²) in [6, 6.07) is 11.7. The van der Waals surface area contributed by atoms with E-state index < -0.39 is 0 Å². The van der Waals surface area contributed by atoms with Gasteiger partial charge in [0, 0.05) is 29.8 Å². The predicted molar refractivity (Wildman–Crippen MR) is 82.5 cm³/mol. The van der Waals surface area contributed by atoms with Crippen LogP contribution < -0.4 is 5.73 Å². The summed E-state index contributed by atoms with van der Waals surface area (Å²) in [7, 11) is 0. The van der Waals surface area contributed by atoms with Crippen LogP contribution in [-0.2, 0) is 11.3 Å². The monoisotopic (exact) mass is 280 g/mol. The lowest BCUT2D eigenvalue weighted by molar-refractivity contribution is 0.128. The van der Waals surface area contributed by atoms with Crippen LogP contribution in [0.25, 0.3) is 22.2 Å². The van der Waals surface area contributed by atoms with Gasteiger partial charge in [-0.3, -0.25) is 4.98 Å². The van der Waals surface area contributed by atoms with Crippen LogP contribution in [0.5, 0.6) is 0 Å². The molecule has 1 aromatic carbocycles. The lowest BCUT2D eigenvalue weighted by atomic mass is 10.1. The molecule has 0 aliphatic heterocycles. The molecule has 3 aromatic rings. The van der Waals surface area contributed by atoms with Gasteiger partial charge in [0.05, 0.1) is 11.2 Å². The van der Waals surface area contributed by atoms with Gasteiger partial charge in [-0.1, -0.05) is 18.2 Å². The Kier molecular flexibility index (Phi) is 3.75. The molecular weight excluding hydrogens is 264 g/mol. The van der Waals surface area contributed by atoms with E-state index in [4.69, 9.17) is 10.5 Å². The van der Waals surface area contributed by atoms with Crippen molar-refractivity contribution < 1.29 is 4.74 Å². The maximum atomic E-state index is 5.89. The van der Waals surface area contributed by atoms with Crippen molar-refractivity contribution in [2.75, 3.05) is 12.3 Å². The van der Waals surface area contributed by atoms with Crippen LogP contribution in [-0.4, -0.2) is 21.6 Å². The molecule has 2 aromatic heterocycles. The van der Waals surface area contributed by atoms with Crippen molar-refractivity contribution in [3.63, 3.8) is 0 Å². The highest BCUT2D eigenvalue weighted by Gasteiger charge is 2.09. The van der Waals surface area contributed by atoms with Crippen molar-refractivity contribution in [3.8, 4) is 11.3 Å². The zero-order chi connectivity index (χ0) is 14.7. The lowest BCUT2D eigenvalue weighted by Crippen LogP contribution is -2.03. The molecule has 0 bridgehead atoms. The van der Waals surface area contributed by atoms with Crippen molar-refractivity contribution >= 4 is 16.7 Å². The largest absolute Gasteiger partial charge is 0.384 e. The minimum Gasteiger partial charge on any atom is -0.384 e. The van der Waals surface area contributed by atoms with Crippen molar-refractivity contribution in [3.05, 3.63) is 48.4 Å². The number of nitrogen functional groups attached to an aromatic ring is 1. The van der Waals surface area contributed by atoms with Crippen molar-refractivity contribution in [1.82, 2.24) is 15.0 Å². The Hall–Kier alpha value is -2.53. The molecule has 106 valence electrons. The molecule has 0 saturated heterocycles. The number of pyridine rings is 1. The molecule has 0 saturated carbocycles. The maximum Gasteiger partial charge on any atom is 0.157 e. The summed E-state index contributed by atoms with van der Waals surface area (Å²) in [5, 5.41) is 1.04. The Morgan fingerprint density at radius 2 is 2.05 bits per heavy atom. The van der Waals surface area contributed by atoms with E-state index in [-0.39, 0.29) is 0 Å². The van der Waals surface area contributed by atoms with E-state index in [1.807, 2.05) is 37.3 Å². The highest BCUT2D eigenvalue weighted by Crippen LogP contribution is 2.27. The van der Waals surface area contributed by atoms with Crippen molar-refractivity contribution in [2.24, 2.45) is 0 Å². The van der Waals surface area contributed by atoms with E-state index in [1.54, 1.807) is 12.3 Å². The van der Waals surface area contributed by atoms with Crippen molar-refractivity contribution in [1.29, 1.82) is 0 Å². The SMILES string of the molecule is CCOCc1nc(N)cc(-c2cccc3ncccc23)n1. The molecule has 2 heterocycles. The lowest BCUT2D eigenvalue weighted by Gasteiger charge is -2.08. The van der Waals surface area contributed by atoms with Gasteiger partial charge in [-0.25, -0.2) is 9.97 Å². The Labute approximate surface area is 122 Å². The third-order valence-corrected chi connectivity index (χ3v) is 3.15. The highest BCUT2D eigenvalue weighted by molar-refractivity contribution is 5.93. The van der Waals surface area contributed by atoms with Crippen LogP contribution in [0.15, 0.2) is 42.6 Å². The molecule has 0 aliphatic carbocycles. The fourth-order valence-electron chi connectivity index (χ4n) is 2.24. The molecule has 5 heteroatoms. The van der Waals surface area contributed by atoms with Gasteiger partial charge < -0.3 is 10.5 Å². The van der Waals surface area contributed by atoms with Gasteiger partial charge in [0.25, 0.3) is 0 Å². The molecule has 2 N–H and O–H groups in total. The zero-order valence-corrected chi connectivity index (χ0v) is 11.8. The third-order valence-electron chi connectivity index (χ3n) is 3.15. The van der Waals surface area contributed by atoms with Crippen molar-refractivity contribution in [2.45, 2.75) is 13.5 Å². The van der Waals surface area contributed by atoms with Crippen LogP contribution in [0.3, 0.4) is 0 Å². The van der Waals surface area contributed by atoms with Gasteiger partial charge in [0.1, 0.15) is 12.4 Å². The molecule has 0 atom stereocenters. The van der Waals surface area contributed by atoms with Crippen LogP contribution >= 0.6 is 0 Å². The zero-order valence-electron chi connectivity index (χ0n) is 11.8. The van der Waals surface area contributed by atoms with E-state index in [1.165, 1.54) is 0 Å². The average molecular weight is 280 g/mol. The number of aromatic nitrogens is 3. The Bertz CT molecular complexity index is 768. The Balaban J connectivity index is 2.12. The van der Waals surface area contributed by atoms with Gasteiger partial charge >= 0.3 is 0 Å². The number of nitrogens with two attached hydrogens (primary N) is 1. The first-order valence-corrected chi connectivity index (χ1v) is 6.83. The second-order valence-corrected chi connectivity index (χ2v) is 4.61. The fourth-order valence-corrected chi connectivity index (χ4v) is 2.24. The smallest absolute Gasteiger partial charge is 0.157 e. The van der Waals surface area contributed by atoms with E-state index in [0.717, 1.165) is 22.2 Å².